The zero-order valence-corrected chi connectivity index (χ0v) is 20.8. The Kier molecular flexibility index (Phi) is 9.63. The van der Waals surface area contributed by atoms with Crippen LogP contribution in [-0.4, -0.2) is 50.4 Å². The maximum Gasteiger partial charge on any atom is 0.540 e. The van der Waals surface area contributed by atoms with Crippen molar-refractivity contribution in [2.75, 3.05) is 34.5 Å². The monoisotopic (exact) mass is 482 g/mol. The number of rotatable bonds is 12. The van der Waals surface area contributed by atoms with Crippen LogP contribution in [0.5, 0.6) is 17.2 Å². The van der Waals surface area contributed by atoms with Crippen LogP contribution >= 0.6 is 7.07 Å². The van der Waals surface area contributed by atoms with Crippen molar-refractivity contribution in [1.82, 2.24) is 9.68 Å². The molecule has 172 valence electrons. The predicted octanol–water partition coefficient (Wildman–Crippen LogP) is 5.32. The van der Waals surface area contributed by atoms with Gasteiger partial charge < -0.3 is 14.4 Å². The minimum Gasteiger partial charge on any atom is -0.458 e. The fraction of sp³-hybridized carbons (Fsp3) is 0.240. The molecule has 0 fully saturated rings. The summed E-state index contributed by atoms with van der Waals surface area (Å²) < 4.78 is 18.7. The van der Waals surface area contributed by atoms with Crippen molar-refractivity contribution in [3.8, 4) is 17.2 Å². The fourth-order valence-electron chi connectivity index (χ4n) is 2.74. The first kappa shape index (κ1) is 24.6. The molecule has 0 N–H and O–H groups in total. The molecule has 0 aromatic heterocycles. The number of hydrazone groups is 1. The Morgan fingerprint density at radius 3 is 2.06 bits per heavy atom. The van der Waals surface area contributed by atoms with Crippen LogP contribution in [0.1, 0.15) is 11.1 Å². The third-order valence-corrected chi connectivity index (χ3v) is 6.51. The average Bonchev–Trinajstić information content (AvgIpc) is 2.83. The van der Waals surface area contributed by atoms with Gasteiger partial charge in [-0.25, -0.2) is 0 Å². The maximum absolute atomic E-state index is 5.89. The Labute approximate surface area is 202 Å². The van der Waals surface area contributed by atoms with E-state index in [2.05, 4.69) is 36.2 Å². The van der Waals surface area contributed by atoms with Crippen molar-refractivity contribution in [2.24, 2.45) is 5.10 Å². The summed E-state index contributed by atoms with van der Waals surface area (Å²) in [6, 6.07) is 25.2. The van der Waals surface area contributed by atoms with Gasteiger partial charge in [-0.15, -0.1) is 5.10 Å². The third kappa shape index (κ3) is 8.81. The van der Waals surface area contributed by atoms with Gasteiger partial charge in [0.25, 0.3) is 0 Å². The molecule has 0 heterocycles. The number of para-hydroxylation sites is 1. The topological polar surface area (TPSA) is 46.5 Å². The standard InChI is InChI=1S/C25H29N3O3PS/c1-27(2)18-17-21-9-15-25(16-10-21)31-32(33)28(3)26-19-22-11-13-24(14-12-22)30-20-29-23-7-5-4-6-8-23/h4-16,19H,17-18,20H2,1-3H3/q+1/b26-19+. The summed E-state index contributed by atoms with van der Waals surface area (Å²) in [5.41, 5.74) is 2.21. The second-order valence-electron chi connectivity index (χ2n) is 7.55. The Balaban J connectivity index is 1.44. The molecule has 3 rings (SSSR count). The van der Waals surface area contributed by atoms with Crippen LogP contribution in [0.2, 0.25) is 0 Å². The summed E-state index contributed by atoms with van der Waals surface area (Å²) in [5.74, 6) is 2.25. The smallest absolute Gasteiger partial charge is 0.458 e. The second kappa shape index (κ2) is 12.9. The van der Waals surface area contributed by atoms with Crippen LogP contribution in [0.4, 0.5) is 0 Å². The molecule has 3 aromatic rings. The highest BCUT2D eigenvalue weighted by molar-refractivity contribution is 8.02. The summed E-state index contributed by atoms with van der Waals surface area (Å²) in [6.07, 6.45) is 2.75. The van der Waals surface area contributed by atoms with Crippen LogP contribution < -0.4 is 14.0 Å². The molecular weight excluding hydrogens is 453 g/mol. The summed E-state index contributed by atoms with van der Waals surface area (Å²) in [7, 11) is 4.65. The highest BCUT2D eigenvalue weighted by atomic mass is 32.4. The fourth-order valence-corrected chi connectivity index (χ4v) is 3.68. The molecule has 0 aliphatic heterocycles. The first-order valence-corrected chi connectivity index (χ1v) is 12.8. The van der Waals surface area contributed by atoms with Gasteiger partial charge in [0.1, 0.15) is 11.5 Å². The maximum atomic E-state index is 5.89. The Morgan fingerprint density at radius 2 is 1.42 bits per heavy atom. The van der Waals surface area contributed by atoms with Gasteiger partial charge in [-0.3, -0.25) is 4.52 Å². The van der Waals surface area contributed by atoms with Gasteiger partial charge in [0, 0.05) is 6.54 Å². The van der Waals surface area contributed by atoms with Crippen molar-refractivity contribution in [3.05, 3.63) is 90.0 Å². The normalized spacial score (nSPS) is 11.5. The lowest BCUT2D eigenvalue weighted by atomic mass is 10.1. The summed E-state index contributed by atoms with van der Waals surface area (Å²) in [4.78, 5) is 2.17. The van der Waals surface area contributed by atoms with E-state index in [-0.39, 0.29) is 6.79 Å². The number of benzene rings is 3. The van der Waals surface area contributed by atoms with Crippen LogP contribution in [0.25, 0.3) is 0 Å². The van der Waals surface area contributed by atoms with E-state index < -0.39 is 7.07 Å². The van der Waals surface area contributed by atoms with E-state index in [1.54, 1.807) is 11.0 Å². The average molecular weight is 483 g/mol. The van der Waals surface area contributed by atoms with Crippen LogP contribution in [0, 0.1) is 0 Å². The molecule has 0 spiro atoms. The molecule has 0 radical (unpaired) electrons. The van der Waals surface area contributed by atoms with E-state index in [0.29, 0.717) is 0 Å². The van der Waals surface area contributed by atoms with E-state index in [9.17, 15) is 0 Å². The molecule has 0 saturated carbocycles. The van der Waals surface area contributed by atoms with Crippen LogP contribution in [0.3, 0.4) is 0 Å². The van der Waals surface area contributed by atoms with E-state index in [1.807, 2.05) is 73.8 Å². The lowest BCUT2D eigenvalue weighted by molar-refractivity contribution is 0.120. The Morgan fingerprint density at radius 1 is 0.818 bits per heavy atom. The first-order valence-electron chi connectivity index (χ1n) is 10.6. The molecule has 0 amide bonds. The Bertz CT molecular complexity index is 1030. The third-order valence-electron chi connectivity index (χ3n) is 4.64. The second-order valence-corrected chi connectivity index (χ2v) is 9.72. The van der Waals surface area contributed by atoms with Crippen molar-refractivity contribution in [3.63, 3.8) is 0 Å². The van der Waals surface area contributed by atoms with Gasteiger partial charge in [-0.2, -0.15) is 0 Å². The highest BCUT2D eigenvalue weighted by Gasteiger charge is 2.20. The highest BCUT2D eigenvalue weighted by Crippen LogP contribution is 2.30. The molecule has 8 heteroatoms. The molecule has 0 saturated heterocycles. The lowest BCUT2D eigenvalue weighted by Crippen LogP contribution is -2.14. The molecule has 0 aliphatic rings. The largest absolute Gasteiger partial charge is 0.540 e. The predicted molar refractivity (Wildman–Crippen MR) is 138 cm³/mol. The van der Waals surface area contributed by atoms with Crippen LogP contribution in [-0.2, 0) is 18.2 Å². The van der Waals surface area contributed by atoms with E-state index in [1.165, 1.54) is 5.56 Å². The molecule has 33 heavy (non-hydrogen) atoms. The van der Waals surface area contributed by atoms with Gasteiger partial charge >= 0.3 is 7.07 Å². The lowest BCUT2D eigenvalue weighted by Gasteiger charge is -2.09. The zero-order chi connectivity index (χ0) is 23.5. The number of nitrogens with zero attached hydrogens (tertiary/aromatic N) is 3. The number of hydrogen-bond acceptors (Lipinski definition) is 6. The van der Waals surface area contributed by atoms with Gasteiger partial charge in [-0.1, -0.05) is 35.1 Å². The zero-order valence-electron chi connectivity index (χ0n) is 19.1. The molecule has 0 aliphatic carbocycles. The van der Waals surface area contributed by atoms with Crippen molar-refractivity contribution >= 4 is 25.1 Å². The molecule has 0 bridgehead atoms. The number of hydrogen-bond donors (Lipinski definition) is 0. The van der Waals surface area contributed by atoms with Crippen molar-refractivity contribution in [2.45, 2.75) is 6.42 Å². The summed E-state index contributed by atoms with van der Waals surface area (Å²) in [6.45, 7) is 1.16. The number of ether oxygens (including phenoxy) is 2. The molecule has 3 aromatic carbocycles. The van der Waals surface area contributed by atoms with Gasteiger partial charge in [0.05, 0.1) is 13.3 Å². The molecule has 6 nitrogen and oxygen atoms in total. The summed E-state index contributed by atoms with van der Waals surface area (Å²) >= 11 is 5.50. The van der Waals surface area contributed by atoms with E-state index in [0.717, 1.165) is 35.8 Å². The van der Waals surface area contributed by atoms with Gasteiger partial charge in [-0.05, 0) is 80.2 Å². The van der Waals surface area contributed by atoms with E-state index >= 15 is 0 Å². The number of likely N-dealkylation sites (N-methyl/N-ethyl adjacent to an activating group) is 1. The van der Waals surface area contributed by atoms with Crippen LogP contribution in [0.15, 0.2) is 84.0 Å². The van der Waals surface area contributed by atoms with E-state index in [4.69, 9.17) is 25.8 Å². The molecule has 1 unspecified atom stereocenters. The summed E-state index contributed by atoms with van der Waals surface area (Å²) in [5, 5.41) is 4.43. The quantitative estimate of drug-likeness (QED) is 0.151. The minimum absolute atomic E-state index is 0.147. The van der Waals surface area contributed by atoms with Gasteiger partial charge in [0.2, 0.25) is 18.6 Å². The Hall–Kier alpha value is -2.99. The van der Waals surface area contributed by atoms with Crippen molar-refractivity contribution < 1.29 is 14.0 Å². The molecular formula is C25H29N3O3PS+. The van der Waals surface area contributed by atoms with Crippen molar-refractivity contribution in [1.29, 1.82) is 0 Å². The SMILES string of the molecule is CN(C)CCc1ccc(O[P+](=S)N(C)/N=C/c2ccc(OCOc3ccccc3)cc2)cc1. The van der Waals surface area contributed by atoms with Gasteiger partial charge in [0.15, 0.2) is 5.75 Å². The minimum atomic E-state index is -1.31. The first-order chi connectivity index (χ1) is 16.0. The molecule has 1 atom stereocenters.